The lowest BCUT2D eigenvalue weighted by molar-refractivity contribution is 0.411. The molecule has 2 atom stereocenters. The van der Waals surface area contributed by atoms with Gasteiger partial charge in [-0.05, 0) is 42.0 Å². The molecular weight excluding hydrogens is 677 g/mol. The van der Waals surface area contributed by atoms with E-state index in [0.717, 1.165) is 94.2 Å². The third kappa shape index (κ3) is 5.18. The minimum absolute atomic E-state index is 0.259. The molecule has 2 unspecified atom stereocenters. The average molecular weight is 711 g/mol. The average Bonchev–Trinajstić information content (AvgIpc) is 3.84. The molecule has 0 saturated heterocycles. The summed E-state index contributed by atoms with van der Waals surface area (Å²) in [5, 5.41) is 14.0. The van der Waals surface area contributed by atoms with Gasteiger partial charge in [-0.15, -0.1) is 0 Å². The molecule has 262 valence electrons. The van der Waals surface area contributed by atoms with Crippen molar-refractivity contribution in [3.8, 4) is 0 Å². The largest absolute Gasteiger partial charge is 0.455 e. The van der Waals surface area contributed by atoms with Gasteiger partial charge in [0.1, 0.15) is 34.9 Å². The second-order valence-corrected chi connectivity index (χ2v) is 14.0. The first-order valence-corrected chi connectivity index (χ1v) is 18.6. The highest BCUT2D eigenvalue weighted by Crippen LogP contribution is 2.48. The molecule has 6 heteroatoms. The number of nitrogens with zero attached hydrogens (tertiary/aromatic N) is 2. The predicted octanol–water partition coefficient (Wildman–Crippen LogP) is 12.4. The Morgan fingerprint density at radius 1 is 0.491 bits per heavy atom. The summed E-state index contributed by atoms with van der Waals surface area (Å²) in [6.45, 7) is 0. The van der Waals surface area contributed by atoms with Crippen molar-refractivity contribution in [2.45, 2.75) is 12.3 Å². The van der Waals surface area contributed by atoms with Crippen molar-refractivity contribution in [3.05, 3.63) is 199 Å². The highest BCUT2D eigenvalue weighted by molar-refractivity contribution is 6.21. The molecule has 0 fully saturated rings. The summed E-state index contributed by atoms with van der Waals surface area (Å²) in [5.41, 5.74) is 9.59. The van der Waals surface area contributed by atoms with Crippen LogP contribution in [0.25, 0.3) is 54.6 Å². The zero-order valence-electron chi connectivity index (χ0n) is 29.7. The van der Waals surface area contributed by atoms with Gasteiger partial charge in [0.2, 0.25) is 0 Å². The number of anilines is 3. The monoisotopic (exact) mass is 710 g/mol. The van der Waals surface area contributed by atoms with Crippen molar-refractivity contribution in [1.82, 2.24) is 10.6 Å². The van der Waals surface area contributed by atoms with E-state index in [0.29, 0.717) is 0 Å². The Bertz CT molecular complexity index is 3060. The fraction of sp³-hybridized carbons (Fsp3) is 0.0408. The quantitative estimate of drug-likeness (QED) is 0.180. The summed E-state index contributed by atoms with van der Waals surface area (Å²) in [5.74, 6) is 0.836. The topological polar surface area (TPSA) is 65.9 Å². The number of para-hydroxylation sites is 3. The van der Waals surface area contributed by atoms with Crippen LogP contribution >= 0.6 is 0 Å². The van der Waals surface area contributed by atoms with Crippen LogP contribution in [0.2, 0.25) is 0 Å². The predicted molar refractivity (Wildman–Crippen MR) is 224 cm³/mol. The summed E-state index contributed by atoms with van der Waals surface area (Å²) in [6.07, 6.45) is -0.530. The molecule has 0 amide bonds. The summed E-state index contributed by atoms with van der Waals surface area (Å²) >= 11 is 0. The number of amidine groups is 1. The number of benzene rings is 8. The number of rotatable bonds is 6. The van der Waals surface area contributed by atoms with E-state index < -0.39 is 0 Å². The van der Waals surface area contributed by atoms with Crippen LogP contribution in [0.4, 0.5) is 17.1 Å². The normalized spacial score (nSPS) is 15.8. The molecular formula is C49H34N4O2. The third-order valence-electron chi connectivity index (χ3n) is 10.7. The first kappa shape index (κ1) is 31.4. The van der Waals surface area contributed by atoms with Crippen LogP contribution in [-0.2, 0) is 0 Å². The van der Waals surface area contributed by atoms with Crippen LogP contribution in [0.3, 0.4) is 0 Å². The van der Waals surface area contributed by atoms with Gasteiger partial charge in [-0.1, -0.05) is 146 Å². The Balaban J connectivity index is 1.16. The molecule has 1 aliphatic heterocycles. The number of nitrogens with one attached hydrogen (secondary N) is 2. The maximum Gasteiger partial charge on any atom is 0.159 e. The molecule has 1 aliphatic rings. The number of hydrogen-bond donors (Lipinski definition) is 2. The summed E-state index contributed by atoms with van der Waals surface area (Å²) in [7, 11) is 0. The van der Waals surface area contributed by atoms with Crippen molar-refractivity contribution in [1.29, 1.82) is 0 Å². The fourth-order valence-corrected chi connectivity index (χ4v) is 8.24. The summed E-state index contributed by atoms with van der Waals surface area (Å²) in [6, 6.07) is 63.1. The molecule has 0 radical (unpaired) electrons. The third-order valence-corrected chi connectivity index (χ3v) is 10.7. The Hall–Kier alpha value is -7.15. The SMILES string of the molecule is c1ccc(C2=NC(c3ccccc3)NC(c3cccc4oc5c6ccccc6c(N(c6ccccc6)c6cccc7c6oc6ccccc67)cc5c34)N2)cc1. The van der Waals surface area contributed by atoms with Gasteiger partial charge in [-0.2, -0.15) is 0 Å². The second kappa shape index (κ2) is 12.8. The van der Waals surface area contributed by atoms with Gasteiger partial charge in [0.25, 0.3) is 0 Å². The molecule has 11 rings (SSSR count). The van der Waals surface area contributed by atoms with E-state index in [4.69, 9.17) is 13.8 Å². The van der Waals surface area contributed by atoms with E-state index in [1.807, 2.05) is 24.3 Å². The van der Waals surface area contributed by atoms with Crippen molar-refractivity contribution in [2.24, 2.45) is 4.99 Å². The van der Waals surface area contributed by atoms with E-state index in [2.05, 4.69) is 173 Å². The zero-order chi connectivity index (χ0) is 36.3. The highest BCUT2D eigenvalue weighted by atomic mass is 16.3. The number of furan rings is 2. The van der Waals surface area contributed by atoms with Gasteiger partial charge in [0.15, 0.2) is 5.58 Å². The maximum atomic E-state index is 6.85. The minimum atomic E-state index is -0.271. The zero-order valence-corrected chi connectivity index (χ0v) is 29.7. The maximum absolute atomic E-state index is 6.85. The van der Waals surface area contributed by atoms with Gasteiger partial charge in [-0.3, -0.25) is 5.32 Å². The molecule has 0 spiro atoms. The molecule has 55 heavy (non-hydrogen) atoms. The van der Waals surface area contributed by atoms with Crippen LogP contribution in [0, 0.1) is 0 Å². The van der Waals surface area contributed by atoms with E-state index in [1.54, 1.807) is 0 Å². The van der Waals surface area contributed by atoms with E-state index >= 15 is 0 Å². The lowest BCUT2D eigenvalue weighted by atomic mass is 9.98. The van der Waals surface area contributed by atoms with Crippen LogP contribution in [0.5, 0.6) is 0 Å². The van der Waals surface area contributed by atoms with Crippen LogP contribution in [0.1, 0.15) is 29.0 Å². The lowest BCUT2D eigenvalue weighted by Crippen LogP contribution is -2.45. The van der Waals surface area contributed by atoms with Gasteiger partial charge in [-0.25, -0.2) is 4.99 Å². The van der Waals surface area contributed by atoms with Crippen molar-refractivity contribution < 1.29 is 8.83 Å². The van der Waals surface area contributed by atoms with E-state index in [-0.39, 0.29) is 12.3 Å². The Morgan fingerprint density at radius 2 is 1.11 bits per heavy atom. The van der Waals surface area contributed by atoms with E-state index in [9.17, 15) is 0 Å². The van der Waals surface area contributed by atoms with Crippen LogP contribution < -0.4 is 15.5 Å². The molecule has 3 heterocycles. The summed E-state index contributed by atoms with van der Waals surface area (Å²) in [4.78, 5) is 7.50. The molecule has 10 aromatic rings. The Labute approximate surface area is 317 Å². The standard InChI is InChI=1S/C49H34N4O2/c1-4-16-31(17-5-1)47-50-48(32-18-6-2-7-19-32)52-49(51-47)38-26-15-29-43-44(38)39-30-41(34-22-10-11-24-36(34)45(39)55-43)53(33-20-8-3-9-21-33)40-27-14-25-37-35-23-12-13-28-42(35)54-46(37)40/h1-30,47,49,51H,(H,50,52). The van der Waals surface area contributed by atoms with Crippen LogP contribution in [-0.4, -0.2) is 5.84 Å². The second-order valence-electron chi connectivity index (χ2n) is 14.0. The summed E-state index contributed by atoms with van der Waals surface area (Å²) < 4.78 is 13.5. The van der Waals surface area contributed by atoms with Gasteiger partial charge in [0.05, 0.1) is 11.4 Å². The van der Waals surface area contributed by atoms with Gasteiger partial charge >= 0.3 is 0 Å². The minimum Gasteiger partial charge on any atom is -0.455 e. The first-order valence-electron chi connectivity index (χ1n) is 18.6. The van der Waals surface area contributed by atoms with E-state index in [1.165, 1.54) is 0 Å². The lowest BCUT2D eigenvalue weighted by Gasteiger charge is -2.32. The number of fused-ring (bicyclic) bond motifs is 8. The Morgan fingerprint density at radius 3 is 1.93 bits per heavy atom. The van der Waals surface area contributed by atoms with Gasteiger partial charge in [0, 0.05) is 49.1 Å². The Kier molecular flexibility index (Phi) is 7.28. The molecule has 0 bridgehead atoms. The van der Waals surface area contributed by atoms with Crippen molar-refractivity contribution in [2.75, 3.05) is 4.90 Å². The first-order chi connectivity index (χ1) is 27.3. The molecule has 0 aliphatic carbocycles. The van der Waals surface area contributed by atoms with Crippen molar-refractivity contribution >= 4 is 77.5 Å². The molecule has 0 saturated carbocycles. The molecule has 8 aromatic carbocycles. The van der Waals surface area contributed by atoms with Gasteiger partial charge < -0.3 is 19.1 Å². The molecule has 2 N–H and O–H groups in total. The smallest absolute Gasteiger partial charge is 0.159 e. The number of hydrogen-bond acceptors (Lipinski definition) is 6. The van der Waals surface area contributed by atoms with Crippen LogP contribution in [0.15, 0.2) is 196 Å². The highest BCUT2D eigenvalue weighted by Gasteiger charge is 2.29. The van der Waals surface area contributed by atoms with Crippen molar-refractivity contribution in [3.63, 3.8) is 0 Å². The fourth-order valence-electron chi connectivity index (χ4n) is 8.24. The molecule has 2 aromatic heterocycles. The molecule has 6 nitrogen and oxygen atoms in total. The number of aliphatic imine (C=N–C) groups is 1.